The molecule has 3 aromatic rings. The fourth-order valence-corrected chi connectivity index (χ4v) is 3.98. The van der Waals surface area contributed by atoms with E-state index in [1.807, 2.05) is 12.4 Å². The number of aromatic nitrogens is 5. The number of carbonyl (C=O) groups excluding carboxylic acids is 1. The highest BCUT2D eigenvalue weighted by molar-refractivity contribution is 6.42. The number of imidazole rings is 1. The Morgan fingerprint density at radius 2 is 1.80 bits per heavy atom. The monoisotopic (exact) mass is 469 g/mol. The average Bonchev–Trinajstić information content (AvgIpc) is 3.29. The summed E-state index contributed by atoms with van der Waals surface area (Å²) in [7, 11) is 0. The van der Waals surface area contributed by atoms with Crippen molar-refractivity contribution < 1.29 is 4.79 Å². The van der Waals surface area contributed by atoms with Crippen LogP contribution in [0.1, 0.15) is 41.0 Å². The smallest absolute Gasteiger partial charge is 0.254 e. The maximum Gasteiger partial charge on any atom is 0.254 e. The van der Waals surface area contributed by atoms with Gasteiger partial charge in [-0.2, -0.15) is 0 Å². The normalized spacial score (nSPS) is 11.0. The van der Waals surface area contributed by atoms with Crippen LogP contribution in [-0.2, 0) is 19.4 Å². The maximum atomic E-state index is 12.3. The number of unbranched alkanes of at least 4 members (excludes halogenated alkanes) is 2. The minimum atomic E-state index is -0.360. The lowest BCUT2D eigenvalue weighted by Gasteiger charge is -2.09. The Balaban J connectivity index is 1.37. The van der Waals surface area contributed by atoms with Gasteiger partial charge in [-0.3, -0.25) is 9.48 Å². The number of nitrogen functional groups attached to an aromatic ring is 1. The molecule has 4 N–H and O–H groups in total. The van der Waals surface area contributed by atoms with Gasteiger partial charge in [0.25, 0.3) is 5.91 Å². The molecule has 11 heteroatoms. The van der Waals surface area contributed by atoms with Crippen molar-refractivity contribution in [3.05, 3.63) is 56.5 Å². The van der Waals surface area contributed by atoms with E-state index in [4.69, 9.17) is 40.5 Å². The predicted octanol–water partition coefficient (Wildman–Crippen LogP) is 3.93. The number of carbonyl (C=O) groups is 1. The van der Waals surface area contributed by atoms with Crippen molar-refractivity contribution in [2.75, 3.05) is 12.3 Å². The second-order valence-corrected chi connectivity index (χ2v) is 8.06. The van der Waals surface area contributed by atoms with Gasteiger partial charge in [-0.05, 0) is 37.8 Å². The molecule has 0 saturated heterocycles. The van der Waals surface area contributed by atoms with Gasteiger partial charge in [0.15, 0.2) is 5.95 Å². The molecule has 0 aliphatic carbocycles. The highest BCUT2D eigenvalue weighted by Crippen LogP contribution is 2.28. The third kappa shape index (κ3) is 6.35. The van der Waals surface area contributed by atoms with Crippen LogP contribution in [0.4, 0.5) is 5.95 Å². The molecule has 0 radical (unpaired) electrons. The number of hydrogen-bond acceptors (Lipinski definition) is 5. The fraction of sp³-hybridized carbons (Fsp3) is 0.368. The first-order valence-corrected chi connectivity index (χ1v) is 10.7. The highest BCUT2D eigenvalue weighted by atomic mass is 35.5. The molecule has 0 atom stereocenters. The van der Waals surface area contributed by atoms with E-state index in [2.05, 4.69) is 25.6 Å². The van der Waals surface area contributed by atoms with Crippen LogP contribution in [0, 0.1) is 0 Å². The molecule has 2 aromatic heterocycles. The summed E-state index contributed by atoms with van der Waals surface area (Å²) in [6, 6.07) is 2.97. The van der Waals surface area contributed by atoms with Crippen LogP contribution in [0.25, 0.3) is 0 Å². The van der Waals surface area contributed by atoms with Gasteiger partial charge in [0.05, 0.1) is 33.5 Å². The van der Waals surface area contributed by atoms with Gasteiger partial charge in [-0.25, -0.2) is 4.98 Å². The van der Waals surface area contributed by atoms with Crippen molar-refractivity contribution >= 4 is 46.7 Å². The van der Waals surface area contributed by atoms with Crippen LogP contribution >= 0.6 is 34.8 Å². The molecule has 0 aliphatic rings. The number of rotatable bonds is 10. The predicted molar refractivity (Wildman–Crippen MR) is 118 cm³/mol. The van der Waals surface area contributed by atoms with Crippen LogP contribution in [0.3, 0.4) is 0 Å². The van der Waals surface area contributed by atoms with Gasteiger partial charge in [-0.1, -0.05) is 46.4 Å². The Morgan fingerprint density at radius 1 is 1.10 bits per heavy atom. The number of benzene rings is 1. The Labute approximate surface area is 189 Å². The van der Waals surface area contributed by atoms with E-state index in [0.717, 1.165) is 43.5 Å². The number of halogens is 3. The van der Waals surface area contributed by atoms with Crippen LogP contribution in [0.5, 0.6) is 0 Å². The SMILES string of the molecule is Nc1nc(CCCCCc2cn(CCNC(=O)c3c(Cl)cc(Cl)cc3Cl)nn2)c[nH]1. The van der Waals surface area contributed by atoms with Gasteiger partial charge in [0, 0.05) is 24.0 Å². The number of aryl methyl sites for hydroxylation is 2. The largest absolute Gasteiger partial charge is 0.369 e. The number of aromatic amines is 1. The topological polar surface area (TPSA) is 115 Å². The van der Waals surface area contributed by atoms with Crippen LogP contribution in [0.2, 0.25) is 15.1 Å². The number of hydrogen-bond donors (Lipinski definition) is 3. The highest BCUT2D eigenvalue weighted by Gasteiger charge is 2.15. The Bertz CT molecular complexity index is 979. The lowest BCUT2D eigenvalue weighted by Crippen LogP contribution is -2.28. The minimum Gasteiger partial charge on any atom is -0.369 e. The Morgan fingerprint density at radius 3 is 2.47 bits per heavy atom. The number of anilines is 1. The van der Waals surface area contributed by atoms with Crippen LogP contribution in [0.15, 0.2) is 24.5 Å². The van der Waals surface area contributed by atoms with E-state index < -0.39 is 0 Å². The molecule has 0 unspecified atom stereocenters. The summed E-state index contributed by atoms with van der Waals surface area (Å²) in [5.74, 6) is 0.0952. The number of nitrogens with two attached hydrogens (primary N) is 1. The summed E-state index contributed by atoms with van der Waals surface area (Å²) in [5, 5.41) is 11.9. The van der Waals surface area contributed by atoms with Gasteiger partial charge >= 0.3 is 0 Å². The number of nitrogens with one attached hydrogen (secondary N) is 2. The van der Waals surface area contributed by atoms with Gasteiger partial charge < -0.3 is 16.0 Å². The lowest BCUT2D eigenvalue weighted by atomic mass is 10.1. The first-order chi connectivity index (χ1) is 14.4. The summed E-state index contributed by atoms with van der Waals surface area (Å²) in [5.41, 5.74) is 7.68. The standard InChI is InChI=1S/C19H22Cl3N7O/c20-12-8-15(21)17(16(22)9-12)18(30)24-6-7-29-11-14(27-28-29)5-3-1-2-4-13-10-25-19(23)26-13/h8-11H,1-7H2,(H,24,30)(H3,23,25,26). The maximum absolute atomic E-state index is 12.3. The van der Waals surface area contributed by atoms with Crippen molar-refractivity contribution in [3.63, 3.8) is 0 Å². The van der Waals surface area contributed by atoms with Gasteiger partial charge in [0.1, 0.15) is 0 Å². The van der Waals surface area contributed by atoms with E-state index in [0.29, 0.717) is 24.1 Å². The summed E-state index contributed by atoms with van der Waals surface area (Å²) in [6.45, 7) is 0.853. The molecule has 0 spiro atoms. The Kier molecular flexibility index (Phi) is 7.95. The van der Waals surface area contributed by atoms with E-state index in [1.54, 1.807) is 4.68 Å². The Hall–Kier alpha value is -2.29. The summed E-state index contributed by atoms with van der Waals surface area (Å²) in [4.78, 5) is 19.4. The summed E-state index contributed by atoms with van der Waals surface area (Å²) >= 11 is 18.0. The second kappa shape index (κ2) is 10.7. The number of H-pyrrole nitrogens is 1. The molecule has 0 saturated carbocycles. The fourth-order valence-electron chi connectivity index (χ4n) is 2.99. The van der Waals surface area contributed by atoms with Gasteiger partial charge in [0.2, 0.25) is 0 Å². The summed E-state index contributed by atoms with van der Waals surface area (Å²) in [6.07, 6.45) is 8.62. The van der Waals surface area contributed by atoms with E-state index in [9.17, 15) is 4.79 Å². The van der Waals surface area contributed by atoms with Crippen molar-refractivity contribution in [3.8, 4) is 0 Å². The zero-order valence-electron chi connectivity index (χ0n) is 16.2. The molecule has 2 heterocycles. The molecule has 8 nitrogen and oxygen atoms in total. The molecule has 160 valence electrons. The number of amides is 1. The third-order valence-corrected chi connectivity index (χ3v) is 5.28. The second-order valence-electron chi connectivity index (χ2n) is 6.81. The molecule has 0 fully saturated rings. The zero-order valence-corrected chi connectivity index (χ0v) is 18.4. The van der Waals surface area contributed by atoms with Crippen LogP contribution < -0.4 is 11.1 Å². The van der Waals surface area contributed by atoms with Crippen molar-refractivity contribution in [2.24, 2.45) is 0 Å². The molecule has 3 rings (SSSR count). The van der Waals surface area contributed by atoms with Crippen molar-refractivity contribution in [1.82, 2.24) is 30.3 Å². The van der Waals surface area contributed by atoms with Gasteiger partial charge in [-0.15, -0.1) is 5.10 Å². The van der Waals surface area contributed by atoms with E-state index in [-0.39, 0.29) is 21.5 Å². The molecule has 30 heavy (non-hydrogen) atoms. The number of nitrogens with zero attached hydrogens (tertiary/aromatic N) is 4. The molecular formula is C19H22Cl3N7O. The first-order valence-electron chi connectivity index (χ1n) is 9.54. The van der Waals surface area contributed by atoms with Crippen LogP contribution in [-0.4, -0.2) is 37.4 Å². The molecule has 1 amide bonds. The molecule has 0 aliphatic heterocycles. The molecular weight excluding hydrogens is 449 g/mol. The summed E-state index contributed by atoms with van der Waals surface area (Å²) < 4.78 is 1.70. The van der Waals surface area contributed by atoms with E-state index >= 15 is 0 Å². The zero-order chi connectivity index (χ0) is 21.5. The quantitative estimate of drug-likeness (QED) is 0.388. The minimum absolute atomic E-state index is 0.208. The lowest BCUT2D eigenvalue weighted by molar-refractivity contribution is 0.0952. The average molecular weight is 471 g/mol. The van der Waals surface area contributed by atoms with E-state index in [1.165, 1.54) is 12.1 Å². The first kappa shape index (κ1) is 22.4. The molecule has 1 aromatic carbocycles. The van der Waals surface area contributed by atoms with Crippen molar-refractivity contribution in [2.45, 2.75) is 38.6 Å². The third-order valence-electron chi connectivity index (χ3n) is 4.46. The molecule has 0 bridgehead atoms. The van der Waals surface area contributed by atoms with Crippen molar-refractivity contribution in [1.29, 1.82) is 0 Å².